The Hall–Kier alpha value is -3.41. The molecule has 6 nitrogen and oxygen atoms in total. The van der Waals surface area contributed by atoms with E-state index >= 15 is 0 Å². The first-order chi connectivity index (χ1) is 14.8. The highest BCUT2D eigenvalue weighted by molar-refractivity contribution is 5.80. The summed E-state index contributed by atoms with van der Waals surface area (Å²) < 4.78 is 6.26. The van der Waals surface area contributed by atoms with Crippen molar-refractivity contribution in [2.45, 2.75) is 45.2 Å². The number of hydrogen-bond acceptors (Lipinski definition) is 5. The van der Waals surface area contributed by atoms with E-state index in [1.54, 1.807) is 18.5 Å². The van der Waals surface area contributed by atoms with Crippen LogP contribution in [0.2, 0.25) is 0 Å². The molecular weight excluding hydrogens is 376 g/mol. The predicted molar refractivity (Wildman–Crippen MR) is 117 cm³/mol. The van der Waals surface area contributed by atoms with Crippen LogP contribution in [0.25, 0.3) is 10.9 Å². The number of pyridine rings is 1. The van der Waals surface area contributed by atoms with E-state index in [0.717, 1.165) is 41.1 Å². The molecule has 0 saturated carbocycles. The maximum Gasteiger partial charge on any atom is 0.226 e. The molecule has 5 rings (SSSR count). The zero-order chi connectivity index (χ0) is 20.5. The molecule has 1 N–H and O–H groups in total. The standard InChI is InChI=1S/C24H24N4O2/c1-2-3-4-8-16-11-12-20(30-16)22-21-18(15-28(22)24-25-13-7-14-26-24)23(29)17-9-5-6-10-19(17)27-21/h5-7,9-14,22H,2-4,8,15H2,1H3,(H,27,29). The fraction of sp³-hybridized carbons (Fsp3) is 0.292. The molecule has 0 bridgehead atoms. The molecule has 1 atom stereocenters. The molecule has 1 aliphatic heterocycles. The molecule has 0 fully saturated rings. The zero-order valence-electron chi connectivity index (χ0n) is 17.0. The van der Waals surface area contributed by atoms with E-state index in [4.69, 9.17) is 4.42 Å². The van der Waals surface area contributed by atoms with Crippen molar-refractivity contribution in [1.82, 2.24) is 15.0 Å². The van der Waals surface area contributed by atoms with Crippen LogP contribution in [0.1, 0.15) is 55.0 Å². The van der Waals surface area contributed by atoms with Crippen LogP contribution < -0.4 is 10.3 Å². The first-order valence-corrected chi connectivity index (χ1v) is 10.5. The number of benzene rings is 1. The van der Waals surface area contributed by atoms with Gasteiger partial charge in [-0.25, -0.2) is 9.97 Å². The Kier molecular flexibility index (Phi) is 4.83. The number of hydrogen-bond donors (Lipinski definition) is 1. The second-order valence-corrected chi connectivity index (χ2v) is 7.73. The van der Waals surface area contributed by atoms with E-state index in [1.807, 2.05) is 41.3 Å². The van der Waals surface area contributed by atoms with E-state index in [2.05, 4.69) is 21.9 Å². The summed E-state index contributed by atoms with van der Waals surface area (Å²) in [6.45, 7) is 2.64. The van der Waals surface area contributed by atoms with Crippen molar-refractivity contribution in [3.63, 3.8) is 0 Å². The van der Waals surface area contributed by atoms with Crippen molar-refractivity contribution in [3.05, 3.63) is 87.9 Å². The number of para-hydroxylation sites is 1. The van der Waals surface area contributed by atoms with Gasteiger partial charge >= 0.3 is 0 Å². The smallest absolute Gasteiger partial charge is 0.226 e. The molecule has 0 saturated heterocycles. The largest absolute Gasteiger partial charge is 0.463 e. The second-order valence-electron chi connectivity index (χ2n) is 7.73. The fourth-order valence-corrected chi connectivity index (χ4v) is 4.25. The maximum atomic E-state index is 13.2. The monoisotopic (exact) mass is 400 g/mol. The molecule has 6 heteroatoms. The van der Waals surface area contributed by atoms with Crippen LogP contribution in [0.3, 0.4) is 0 Å². The summed E-state index contributed by atoms with van der Waals surface area (Å²) >= 11 is 0. The summed E-state index contributed by atoms with van der Waals surface area (Å²) in [5.41, 5.74) is 2.49. The van der Waals surface area contributed by atoms with Crippen LogP contribution in [-0.4, -0.2) is 15.0 Å². The summed E-state index contributed by atoms with van der Waals surface area (Å²) in [7, 11) is 0. The number of unbranched alkanes of at least 4 members (excludes halogenated alkanes) is 2. The van der Waals surface area contributed by atoms with E-state index in [9.17, 15) is 4.79 Å². The number of anilines is 1. The highest BCUT2D eigenvalue weighted by atomic mass is 16.3. The van der Waals surface area contributed by atoms with Gasteiger partial charge in [-0.2, -0.15) is 0 Å². The lowest BCUT2D eigenvalue weighted by Gasteiger charge is -2.23. The topological polar surface area (TPSA) is 75.0 Å². The minimum Gasteiger partial charge on any atom is -0.463 e. The number of aryl methyl sites for hydroxylation is 1. The van der Waals surface area contributed by atoms with E-state index in [-0.39, 0.29) is 11.5 Å². The average Bonchev–Trinajstić information content (AvgIpc) is 3.39. The quantitative estimate of drug-likeness (QED) is 0.473. The number of fused-ring (bicyclic) bond motifs is 2. The minimum absolute atomic E-state index is 0.0532. The van der Waals surface area contributed by atoms with Crippen LogP contribution in [0.15, 0.2) is 64.1 Å². The van der Waals surface area contributed by atoms with E-state index in [0.29, 0.717) is 17.9 Å². The predicted octanol–water partition coefficient (Wildman–Crippen LogP) is 4.75. The molecule has 4 heterocycles. The molecule has 1 aromatic carbocycles. The van der Waals surface area contributed by atoms with Crippen molar-refractivity contribution < 1.29 is 4.42 Å². The first kappa shape index (κ1) is 18.6. The lowest BCUT2D eigenvalue weighted by atomic mass is 10.1. The molecule has 0 amide bonds. The van der Waals surface area contributed by atoms with Crippen LogP contribution in [0.5, 0.6) is 0 Å². The van der Waals surface area contributed by atoms with Gasteiger partial charge in [-0.1, -0.05) is 31.9 Å². The Labute approximate surface area is 174 Å². The maximum absolute atomic E-state index is 13.2. The molecule has 4 aromatic rings. The number of nitrogens with zero attached hydrogens (tertiary/aromatic N) is 3. The number of nitrogens with one attached hydrogen (secondary N) is 1. The molecular formula is C24H24N4O2. The Morgan fingerprint density at radius 3 is 2.77 bits per heavy atom. The third kappa shape index (κ3) is 3.18. The SMILES string of the molecule is CCCCCc1ccc(C2c3[nH]c4ccccc4c(=O)c3CN2c2ncccn2)o1. The molecule has 152 valence electrons. The molecule has 0 radical (unpaired) electrons. The first-order valence-electron chi connectivity index (χ1n) is 10.5. The Bertz CT molecular complexity index is 1230. The lowest BCUT2D eigenvalue weighted by Crippen LogP contribution is -2.24. The lowest BCUT2D eigenvalue weighted by molar-refractivity contribution is 0.436. The molecule has 3 aromatic heterocycles. The molecule has 1 aliphatic rings. The third-order valence-corrected chi connectivity index (χ3v) is 5.74. The average molecular weight is 400 g/mol. The molecule has 0 aliphatic carbocycles. The zero-order valence-corrected chi connectivity index (χ0v) is 17.0. The van der Waals surface area contributed by atoms with E-state index in [1.165, 1.54) is 12.8 Å². The van der Waals surface area contributed by atoms with Gasteiger partial charge in [0.15, 0.2) is 5.43 Å². The van der Waals surface area contributed by atoms with Crippen molar-refractivity contribution >= 4 is 16.9 Å². The van der Waals surface area contributed by atoms with Gasteiger partial charge in [-0.05, 0) is 36.8 Å². The number of furan rings is 1. The van der Waals surface area contributed by atoms with Crippen molar-refractivity contribution in [2.75, 3.05) is 4.90 Å². The van der Waals surface area contributed by atoms with Crippen LogP contribution in [-0.2, 0) is 13.0 Å². The van der Waals surface area contributed by atoms with Crippen LogP contribution >= 0.6 is 0 Å². The van der Waals surface area contributed by atoms with Gasteiger partial charge in [0.1, 0.15) is 17.6 Å². The molecule has 30 heavy (non-hydrogen) atoms. The summed E-state index contributed by atoms with van der Waals surface area (Å²) in [6.07, 6.45) is 7.84. The highest BCUT2D eigenvalue weighted by Gasteiger charge is 2.38. The van der Waals surface area contributed by atoms with Crippen LogP contribution in [0.4, 0.5) is 5.95 Å². The van der Waals surface area contributed by atoms with Crippen LogP contribution in [0, 0.1) is 0 Å². The number of aromatic amines is 1. The summed E-state index contributed by atoms with van der Waals surface area (Å²) in [6, 6.07) is 13.2. The van der Waals surface area contributed by atoms with E-state index < -0.39 is 0 Å². The van der Waals surface area contributed by atoms with Gasteiger partial charge in [0.05, 0.1) is 12.2 Å². The van der Waals surface area contributed by atoms with Gasteiger partial charge in [-0.3, -0.25) is 4.79 Å². The van der Waals surface area contributed by atoms with Crippen molar-refractivity contribution in [1.29, 1.82) is 0 Å². The van der Waals surface area contributed by atoms with Gasteiger partial charge in [0.2, 0.25) is 5.95 Å². The van der Waals surface area contributed by atoms with Crippen molar-refractivity contribution in [3.8, 4) is 0 Å². The van der Waals surface area contributed by atoms with Crippen molar-refractivity contribution in [2.24, 2.45) is 0 Å². The summed E-state index contributed by atoms with van der Waals surface area (Å²) in [4.78, 5) is 27.7. The number of rotatable bonds is 6. The second kappa shape index (κ2) is 7.78. The normalized spacial score (nSPS) is 15.6. The number of H-pyrrole nitrogens is 1. The Balaban J connectivity index is 1.62. The Morgan fingerprint density at radius 2 is 1.93 bits per heavy atom. The molecule has 0 spiro atoms. The summed E-state index contributed by atoms with van der Waals surface area (Å²) in [5.74, 6) is 2.36. The molecule has 1 unspecified atom stereocenters. The van der Waals surface area contributed by atoms with Gasteiger partial charge in [0, 0.05) is 35.3 Å². The number of aromatic nitrogens is 3. The van der Waals surface area contributed by atoms with Gasteiger partial charge in [0.25, 0.3) is 0 Å². The summed E-state index contributed by atoms with van der Waals surface area (Å²) in [5, 5.41) is 0.700. The highest BCUT2D eigenvalue weighted by Crippen LogP contribution is 2.39. The third-order valence-electron chi connectivity index (χ3n) is 5.74. The fourth-order valence-electron chi connectivity index (χ4n) is 4.25. The Morgan fingerprint density at radius 1 is 1.10 bits per heavy atom. The van der Waals surface area contributed by atoms with Gasteiger partial charge < -0.3 is 14.3 Å². The van der Waals surface area contributed by atoms with Gasteiger partial charge in [-0.15, -0.1) is 0 Å². The minimum atomic E-state index is -0.264.